The lowest BCUT2D eigenvalue weighted by Crippen LogP contribution is -2.30. The maximum atomic E-state index is 12.5. The summed E-state index contributed by atoms with van der Waals surface area (Å²) in [6.07, 6.45) is 0. The van der Waals surface area contributed by atoms with E-state index in [0.717, 1.165) is 9.87 Å². The molecular weight excluding hydrogens is 338 g/mol. The van der Waals surface area contributed by atoms with Crippen LogP contribution in [0.5, 0.6) is 0 Å². The number of rotatable bonds is 6. The molecule has 2 aromatic carbocycles. The van der Waals surface area contributed by atoms with Gasteiger partial charge in [-0.25, -0.2) is 12.7 Å². The second-order valence-corrected chi connectivity index (χ2v) is 8.18. The van der Waals surface area contributed by atoms with Gasteiger partial charge in [-0.05, 0) is 23.8 Å². The van der Waals surface area contributed by atoms with E-state index in [0.29, 0.717) is 5.69 Å². The van der Waals surface area contributed by atoms with E-state index in [-0.39, 0.29) is 10.8 Å². The molecule has 0 aromatic heterocycles. The zero-order valence-electron chi connectivity index (χ0n) is 14.5. The van der Waals surface area contributed by atoms with E-state index in [1.807, 2.05) is 30.3 Å². The highest BCUT2D eigenvalue weighted by Gasteiger charge is 2.23. The molecule has 0 aliphatic carbocycles. The second kappa shape index (κ2) is 7.77. The molecule has 7 heteroatoms. The van der Waals surface area contributed by atoms with Crippen LogP contribution in [-0.4, -0.2) is 32.7 Å². The molecule has 1 amide bonds. The van der Waals surface area contributed by atoms with E-state index in [1.54, 1.807) is 19.1 Å². The molecular formula is C18H23N3O3S. The third-order valence-electron chi connectivity index (χ3n) is 4.02. The first-order valence-corrected chi connectivity index (χ1v) is 9.31. The first kappa shape index (κ1) is 19.1. The summed E-state index contributed by atoms with van der Waals surface area (Å²) in [6, 6.07) is 15.1. The van der Waals surface area contributed by atoms with Gasteiger partial charge in [-0.2, -0.15) is 0 Å². The van der Waals surface area contributed by atoms with Crippen LogP contribution in [0.2, 0.25) is 0 Å². The van der Waals surface area contributed by atoms with Gasteiger partial charge in [0, 0.05) is 25.8 Å². The average Bonchev–Trinajstić information content (AvgIpc) is 2.61. The minimum Gasteiger partial charge on any atom is -0.326 e. The molecule has 2 rings (SSSR count). The standard InChI is InChI=1S/C18H23N3O3S/c1-13(17(19)14-8-5-4-6-9-14)18(22)20-15-10-7-11-16(12-15)25(23,24)21(2)3/h4-13,17H,19H2,1-3H3,(H,20,22). The molecule has 0 heterocycles. The minimum absolute atomic E-state index is 0.121. The van der Waals surface area contributed by atoms with Crippen LogP contribution >= 0.6 is 0 Å². The molecule has 0 aliphatic heterocycles. The van der Waals surface area contributed by atoms with Crippen molar-refractivity contribution in [3.63, 3.8) is 0 Å². The van der Waals surface area contributed by atoms with Crippen molar-refractivity contribution >= 4 is 21.6 Å². The number of sulfonamides is 1. The van der Waals surface area contributed by atoms with Crippen LogP contribution in [0.3, 0.4) is 0 Å². The molecule has 2 aromatic rings. The van der Waals surface area contributed by atoms with Crippen molar-refractivity contribution in [2.75, 3.05) is 19.4 Å². The van der Waals surface area contributed by atoms with Crippen molar-refractivity contribution in [2.45, 2.75) is 17.9 Å². The number of hydrogen-bond acceptors (Lipinski definition) is 4. The summed E-state index contributed by atoms with van der Waals surface area (Å²) >= 11 is 0. The van der Waals surface area contributed by atoms with E-state index in [2.05, 4.69) is 5.32 Å². The molecule has 134 valence electrons. The van der Waals surface area contributed by atoms with Crippen LogP contribution < -0.4 is 11.1 Å². The zero-order valence-corrected chi connectivity index (χ0v) is 15.3. The monoisotopic (exact) mass is 361 g/mol. The van der Waals surface area contributed by atoms with Crippen molar-refractivity contribution < 1.29 is 13.2 Å². The van der Waals surface area contributed by atoms with Gasteiger partial charge in [0.2, 0.25) is 15.9 Å². The van der Waals surface area contributed by atoms with Gasteiger partial charge in [-0.3, -0.25) is 4.79 Å². The molecule has 0 saturated heterocycles. The number of nitrogens with zero attached hydrogens (tertiary/aromatic N) is 1. The van der Waals surface area contributed by atoms with E-state index in [4.69, 9.17) is 5.73 Å². The van der Waals surface area contributed by atoms with Crippen LogP contribution in [0, 0.1) is 5.92 Å². The first-order valence-electron chi connectivity index (χ1n) is 7.87. The lowest BCUT2D eigenvalue weighted by molar-refractivity contribution is -0.120. The van der Waals surface area contributed by atoms with Gasteiger partial charge in [0.25, 0.3) is 0 Å². The predicted molar refractivity (Wildman–Crippen MR) is 98.5 cm³/mol. The van der Waals surface area contributed by atoms with E-state index in [1.165, 1.54) is 26.2 Å². The minimum atomic E-state index is -3.56. The molecule has 0 fully saturated rings. The summed E-state index contributed by atoms with van der Waals surface area (Å²) in [6.45, 7) is 1.74. The highest BCUT2D eigenvalue weighted by molar-refractivity contribution is 7.89. The smallest absolute Gasteiger partial charge is 0.242 e. The summed E-state index contributed by atoms with van der Waals surface area (Å²) in [7, 11) is -0.638. The van der Waals surface area contributed by atoms with Crippen molar-refractivity contribution in [2.24, 2.45) is 11.7 Å². The van der Waals surface area contributed by atoms with E-state index in [9.17, 15) is 13.2 Å². The number of benzene rings is 2. The molecule has 25 heavy (non-hydrogen) atoms. The molecule has 0 radical (unpaired) electrons. The highest BCUT2D eigenvalue weighted by Crippen LogP contribution is 2.22. The Morgan fingerprint density at radius 1 is 1.08 bits per heavy atom. The number of nitrogens with one attached hydrogen (secondary N) is 1. The van der Waals surface area contributed by atoms with Crippen molar-refractivity contribution in [1.29, 1.82) is 0 Å². The quantitative estimate of drug-likeness (QED) is 0.825. The molecule has 0 saturated carbocycles. The predicted octanol–water partition coefficient (Wildman–Crippen LogP) is 2.21. The van der Waals surface area contributed by atoms with Crippen molar-refractivity contribution in [3.8, 4) is 0 Å². The van der Waals surface area contributed by atoms with Crippen LogP contribution in [0.15, 0.2) is 59.5 Å². The van der Waals surface area contributed by atoms with Gasteiger partial charge in [-0.15, -0.1) is 0 Å². The summed E-state index contributed by atoms with van der Waals surface area (Å²) in [5.74, 6) is -0.743. The lowest BCUT2D eigenvalue weighted by Gasteiger charge is -2.20. The number of carbonyl (C=O) groups is 1. The summed E-state index contributed by atoms with van der Waals surface area (Å²) in [5.41, 5.74) is 7.45. The van der Waals surface area contributed by atoms with E-state index < -0.39 is 22.0 Å². The summed E-state index contributed by atoms with van der Waals surface area (Å²) in [4.78, 5) is 12.6. The van der Waals surface area contributed by atoms with E-state index >= 15 is 0 Å². The van der Waals surface area contributed by atoms with Crippen molar-refractivity contribution in [1.82, 2.24) is 4.31 Å². The molecule has 3 N–H and O–H groups in total. The maximum absolute atomic E-state index is 12.5. The summed E-state index contributed by atoms with van der Waals surface area (Å²) < 4.78 is 25.5. The maximum Gasteiger partial charge on any atom is 0.242 e. The molecule has 0 aliphatic rings. The van der Waals surface area contributed by atoms with Gasteiger partial charge in [0.15, 0.2) is 0 Å². The molecule has 2 atom stereocenters. The molecule has 0 spiro atoms. The van der Waals surface area contributed by atoms with Gasteiger partial charge in [0.1, 0.15) is 0 Å². The highest BCUT2D eigenvalue weighted by atomic mass is 32.2. The fourth-order valence-electron chi connectivity index (χ4n) is 2.33. The second-order valence-electron chi connectivity index (χ2n) is 6.03. The lowest BCUT2D eigenvalue weighted by atomic mass is 9.94. The third kappa shape index (κ3) is 4.45. The fraction of sp³-hybridized carbons (Fsp3) is 0.278. The van der Waals surface area contributed by atoms with Gasteiger partial charge in [0.05, 0.1) is 10.8 Å². The normalized spacial score (nSPS) is 14.1. The SMILES string of the molecule is CC(C(=O)Nc1cccc(S(=O)(=O)N(C)C)c1)C(N)c1ccccc1. The van der Waals surface area contributed by atoms with Crippen LogP contribution in [0.4, 0.5) is 5.69 Å². The Bertz CT molecular complexity index is 836. The van der Waals surface area contributed by atoms with Crippen LogP contribution in [-0.2, 0) is 14.8 Å². The van der Waals surface area contributed by atoms with Crippen LogP contribution in [0.1, 0.15) is 18.5 Å². The number of hydrogen-bond donors (Lipinski definition) is 2. The zero-order chi connectivity index (χ0) is 18.6. The number of anilines is 1. The topological polar surface area (TPSA) is 92.5 Å². The Balaban J connectivity index is 2.15. The number of nitrogens with two attached hydrogens (primary N) is 1. The van der Waals surface area contributed by atoms with Gasteiger partial charge in [-0.1, -0.05) is 43.3 Å². The van der Waals surface area contributed by atoms with Gasteiger partial charge < -0.3 is 11.1 Å². The Morgan fingerprint density at radius 3 is 2.32 bits per heavy atom. The molecule has 2 unspecified atom stereocenters. The van der Waals surface area contributed by atoms with Crippen molar-refractivity contribution in [3.05, 3.63) is 60.2 Å². The Hall–Kier alpha value is -2.22. The van der Waals surface area contributed by atoms with Crippen LogP contribution in [0.25, 0.3) is 0 Å². The molecule has 6 nitrogen and oxygen atoms in total. The number of carbonyl (C=O) groups excluding carboxylic acids is 1. The Labute approximate surface area is 148 Å². The fourth-order valence-corrected chi connectivity index (χ4v) is 3.28. The Morgan fingerprint density at radius 2 is 1.72 bits per heavy atom. The largest absolute Gasteiger partial charge is 0.326 e. The third-order valence-corrected chi connectivity index (χ3v) is 5.83. The molecule has 0 bridgehead atoms. The van der Waals surface area contributed by atoms with Gasteiger partial charge >= 0.3 is 0 Å². The first-order chi connectivity index (χ1) is 11.7. The Kier molecular flexibility index (Phi) is 5.94. The summed E-state index contributed by atoms with van der Waals surface area (Å²) in [5, 5.41) is 2.74. The average molecular weight is 361 g/mol. The number of amides is 1.